The van der Waals surface area contributed by atoms with Crippen molar-refractivity contribution in [3.05, 3.63) is 12.2 Å². The van der Waals surface area contributed by atoms with Crippen molar-refractivity contribution in [2.75, 3.05) is 17.6 Å². The van der Waals surface area contributed by atoms with E-state index in [1.54, 1.807) is 0 Å². The molecule has 4 heteroatoms. The summed E-state index contributed by atoms with van der Waals surface area (Å²) in [6.07, 6.45) is 10.8. The van der Waals surface area contributed by atoms with Gasteiger partial charge in [-0.3, -0.25) is 4.79 Å². The second-order valence-electron chi connectivity index (χ2n) is 3.91. The number of rotatable bonds is 12. The summed E-state index contributed by atoms with van der Waals surface area (Å²) in [5.41, 5.74) is 0. The maximum atomic E-state index is 10.2. The first-order valence-electron chi connectivity index (χ1n) is 6.28. The smallest absolute Gasteiger partial charge is 0.303 e. The lowest BCUT2D eigenvalue weighted by Gasteiger charge is -2.00. The van der Waals surface area contributed by atoms with Crippen molar-refractivity contribution in [2.45, 2.75) is 44.9 Å². The molecular formula is C13H23IO3. The van der Waals surface area contributed by atoms with Crippen LogP contribution in [0.25, 0.3) is 0 Å². The average Bonchev–Trinajstić information content (AvgIpc) is 2.30. The van der Waals surface area contributed by atoms with Crippen molar-refractivity contribution in [2.24, 2.45) is 0 Å². The molecule has 0 fully saturated rings. The number of halogens is 1. The van der Waals surface area contributed by atoms with Crippen LogP contribution in [0.1, 0.15) is 44.9 Å². The summed E-state index contributed by atoms with van der Waals surface area (Å²) >= 11 is 2.31. The third-order valence-corrected chi connectivity index (χ3v) is 2.75. The summed E-state index contributed by atoms with van der Waals surface area (Å²) in [7, 11) is 0. The van der Waals surface area contributed by atoms with Crippen LogP contribution in [0.3, 0.4) is 0 Å². The van der Waals surface area contributed by atoms with Gasteiger partial charge in [0.15, 0.2) is 0 Å². The SMILES string of the molecule is O=C(O)CCC/C=C\CCCCCOCCI. The molecule has 0 aromatic rings. The normalized spacial score (nSPS) is 11.1. The molecule has 0 saturated heterocycles. The summed E-state index contributed by atoms with van der Waals surface area (Å²) in [5.74, 6) is -0.704. The van der Waals surface area contributed by atoms with Gasteiger partial charge in [0, 0.05) is 17.5 Å². The Morgan fingerprint density at radius 2 is 1.76 bits per heavy atom. The van der Waals surface area contributed by atoms with Gasteiger partial charge in [0.05, 0.1) is 6.61 Å². The third-order valence-electron chi connectivity index (χ3n) is 2.31. The van der Waals surface area contributed by atoms with Gasteiger partial charge in [-0.15, -0.1) is 0 Å². The zero-order valence-electron chi connectivity index (χ0n) is 10.4. The molecule has 0 atom stereocenters. The van der Waals surface area contributed by atoms with Crippen LogP contribution in [-0.4, -0.2) is 28.7 Å². The van der Waals surface area contributed by atoms with Crippen molar-refractivity contribution >= 4 is 28.6 Å². The zero-order chi connectivity index (χ0) is 12.8. The van der Waals surface area contributed by atoms with E-state index >= 15 is 0 Å². The van der Waals surface area contributed by atoms with Gasteiger partial charge in [-0.1, -0.05) is 41.2 Å². The van der Waals surface area contributed by atoms with Gasteiger partial charge < -0.3 is 9.84 Å². The molecular weight excluding hydrogens is 331 g/mol. The number of unbranched alkanes of at least 4 members (excludes halogenated alkanes) is 4. The van der Waals surface area contributed by atoms with Crippen LogP contribution in [0.2, 0.25) is 0 Å². The Morgan fingerprint density at radius 3 is 2.41 bits per heavy atom. The summed E-state index contributed by atoms with van der Waals surface area (Å²) in [4.78, 5) is 10.2. The molecule has 17 heavy (non-hydrogen) atoms. The molecule has 0 radical (unpaired) electrons. The van der Waals surface area contributed by atoms with Gasteiger partial charge in [-0.25, -0.2) is 0 Å². The van der Waals surface area contributed by atoms with E-state index in [0.29, 0.717) is 0 Å². The average molecular weight is 354 g/mol. The van der Waals surface area contributed by atoms with E-state index < -0.39 is 5.97 Å². The number of ether oxygens (including phenoxy) is 1. The minimum Gasteiger partial charge on any atom is -0.481 e. The lowest BCUT2D eigenvalue weighted by molar-refractivity contribution is -0.137. The highest BCUT2D eigenvalue weighted by Crippen LogP contribution is 2.03. The molecule has 1 N–H and O–H groups in total. The summed E-state index contributed by atoms with van der Waals surface area (Å²) < 4.78 is 6.45. The van der Waals surface area contributed by atoms with Crippen molar-refractivity contribution in [3.63, 3.8) is 0 Å². The minimum absolute atomic E-state index is 0.276. The number of hydrogen-bond acceptors (Lipinski definition) is 2. The summed E-state index contributed by atoms with van der Waals surface area (Å²) in [6, 6.07) is 0. The largest absolute Gasteiger partial charge is 0.481 e. The molecule has 0 spiro atoms. The monoisotopic (exact) mass is 354 g/mol. The zero-order valence-corrected chi connectivity index (χ0v) is 12.5. The molecule has 0 aliphatic rings. The Bertz CT molecular complexity index is 205. The van der Waals surface area contributed by atoms with E-state index in [0.717, 1.165) is 43.3 Å². The maximum absolute atomic E-state index is 10.2. The fraction of sp³-hybridized carbons (Fsp3) is 0.769. The predicted octanol–water partition coefficient (Wildman–Crippen LogP) is 3.81. The van der Waals surface area contributed by atoms with E-state index in [9.17, 15) is 4.79 Å². The lowest BCUT2D eigenvalue weighted by atomic mass is 10.1. The van der Waals surface area contributed by atoms with Gasteiger partial charge >= 0.3 is 5.97 Å². The molecule has 0 amide bonds. The van der Waals surface area contributed by atoms with Crippen molar-refractivity contribution in [1.29, 1.82) is 0 Å². The molecule has 0 bridgehead atoms. The van der Waals surface area contributed by atoms with E-state index in [2.05, 4.69) is 34.7 Å². The van der Waals surface area contributed by atoms with E-state index in [4.69, 9.17) is 9.84 Å². The molecule has 100 valence electrons. The topological polar surface area (TPSA) is 46.5 Å². The number of carboxylic acids is 1. The minimum atomic E-state index is -0.704. The van der Waals surface area contributed by atoms with Crippen molar-refractivity contribution < 1.29 is 14.6 Å². The van der Waals surface area contributed by atoms with E-state index in [1.807, 2.05) is 0 Å². The molecule has 0 aliphatic heterocycles. The Balaban J connectivity index is 3.06. The number of hydrogen-bond donors (Lipinski definition) is 1. The van der Waals surface area contributed by atoms with Gasteiger partial charge in [0.2, 0.25) is 0 Å². The standard InChI is InChI=1S/C13H23IO3/c14-10-12-17-11-8-6-4-2-1-3-5-7-9-13(15)16/h1,3H,2,4-12H2,(H,15,16)/b3-1-. The van der Waals surface area contributed by atoms with Gasteiger partial charge in [-0.2, -0.15) is 0 Å². The maximum Gasteiger partial charge on any atom is 0.303 e. The molecule has 0 heterocycles. The summed E-state index contributed by atoms with van der Waals surface area (Å²) in [6.45, 7) is 1.75. The van der Waals surface area contributed by atoms with Crippen LogP contribution in [0.15, 0.2) is 12.2 Å². The van der Waals surface area contributed by atoms with Crippen LogP contribution in [-0.2, 0) is 9.53 Å². The van der Waals surface area contributed by atoms with Crippen LogP contribution < -0.4 is 0 Å². The molecule has 0 rings (SSSR count). The highest BCUT2D eigenvalue weighted by atomic mass is 127. The van der Waals surface area contributed by atoms with Crippen LogP contribution in [0.5, 0.6) is 0 Å². The fourth-order valence-electron chi connectivity index (χ4n) is 1.41. The quantitative estimate of drug-likeness (QED) is 0.251. The van der Waals surface area contributed by atoms with Gasteiger partial charge in [0.1, 0.15) is 0 Å². The summed E-state index contributed by atoms with van der Waals surface area (Å²) in [5, 5.41) is 8.44. The Hall–Kier alpha value is -0.100. The first-order valence-corrected chi connectivity index (χ1v) is 7.80. The molecule has 0 aromatic carbocycles. The Morgan fingerprint density at radius 1 is 1.06 bits per heavy atom. The molecule has 0 unspecified atom stereocenters. The number of alkyl halides is 1. The highest BCUT2D eigenvalue weighted by Gasteiger charge is 1.93. The lowest BCUT2D eigenvalue weighted by Crippen LogP contribution is -1.97. The second-order valence-corrected chi connectivity index (χ2v) is 4.99. The number of carbonyl (C=O) groups is 1. The predicted molar refractivity (Wildman–Crippen MR) is 78.8 cm³/mol. The number of aliphatic carboxylic acids is 1. The van der Waals surface area contributed by atoms with Gasteiger partial charge in [0.25, 0.3) is 0 Å². The van der Waals surface area contributed by atoms with Crippen LogP contribution in [0.4, 0.5) is 0 Å². The van der Waals surface area contributed by atoms with E-state index in [-0.39, 0.29) is 6.42 Å². The van der Waals surface area contributed by atoms with Crippen LogP contribution in [0, 0.1) is 0 Å². The Labute approximate surface area is 118 Å². The van der Waals surface area contributed by atoms with E-state index in [1.165, 1.54) is 12.8 Å². The second kappa shape index (κ2) is 14.0. The van der Waals surface area contributed by atoms with Crippen molar-refractivity contribution in [1.82, 2.24) is 0 Å². The molecule has 0 aliphatic carbocycles. The van der Waals surface area contributed by atoms with Crippen molar-refractivity contribution in [3.8, 4) is 0 Å². The third kappa shape index (κ3) is 15.9. The van der Waals surface area contributed by atoms with Gasteiger partial charge in [-0.05, 0) is 32.1 Å². The molecule has 0 saturated carbocycles. The molecule has 0 aromatic heterocycles. The fourth-order valence-corrected chi connectivity index (χ4v) is 1.72. The number of allylic oxidation sites excluding steroid dienone is 2. The highest BCUT2D eigenvalue weighted by molar-refractivity contribution is 14.1. The first-order chi connectivity index (χ1) is 8.27. The molecule has 3 nitrogen and oxygen atoms in total. The van der Waals surface area contributed by atoms with Crippen LogP contribution >= 0.6 is 22.6 Å². The number of carboxylic acid groups (broad SMARTS) is 1. The first kappa shape index (κ1) is 16.9. The Kier molecular flexibility index (Phi) is 13.9.